The summed E-state index contributed by atoms with van der Waals surface area (Å²) in [7, 11) is 0. The van der Waals surface area contributed by atoms with Gasteiger partial charge in [0.1, 0.15) is 4.60 Å². The minimum absolute atomic E-state index is 0.00688. The first-order chi connectivity index (χ1) is 8.16. The average Bonchev–Trinajstić information content (AvgIpc) is 3.01. The fraction of sp³-hybridized carbons (Fsp3) is 0.273. The summed E-state index contributed by atoms with van der Waals surface area (Å²) in [6.45, 7) is 0. The molecule has 0 aromatic carbocycles. The third kappa shape index (κ3) is 1.78. The van der Waals surface area contributed by atoms with Crippen molar-refractivity contribution in [3.05, 3.63) is 45.2 Å². The molecule has 2 heterocycles. The number of aromatic nitrogens is 3. The predicted octanol–water partition coefficient (Wildman–Crippen LogP) is 1.77. The molecule has 0 bridgehead atoms. The van der Waals surface area contributed by atoms with Crippen LogP contribution >= 0.6 is 15.9 Å². The fourth-order valence-corrected chi connectivity index (χ4v) is 2.36. The molecule has 2 atom stereocenters. The van der Waals surface area contributed by atoms with Gasteiger partial charge in [-0.3, -0.25) is 4.57 Å². The van der Waals surface area contributed by atoms with Gasteiger partial charge in [-0.15, -0.1) is 0 Å². The van der Waals surface area contributed by atoms with E-state index in [1.807, 2.05) is 12.1 Å². The number of imidazole rings is 1. The van der Waals surface area contributed by atoms with Gasteiger partial charge in [-0.25, -0.2) is 9.78 Å². The molecule has 1 saturated carbocycles. The van der Waals surface area contributed by atoms with E-state index in [0.717, 1.165) is 16.6 Å². The number of H-pyrrole nitrogens is 1. The van der Waals surface area contributed by atoms with Gasteiger partial charge in [-0.05, 0) is 34.0 Å². The number of hydrogen-bond donors (Lipinski definition) is 2. The first kappa shape index (κ1) is 10.6. The summed E-state index contributed by atoms with van der Waals surface area (Å²) in [5.41, 5.74) is 0.825. The van der Waals surface area contributed by atoms with Crippen molar-refractivity contribution in [3.8, 4) is 5.88 Å². The Morgan fingerprint density at radius 1 is 1.53 bits per heavy atom. The van der Waals surface area contributed by atoms with Gasteiger partial charge < -0.3 is 10.1 Å². The first-order valence-electron chi connectivity index (χ1n) is 5.27. The van der Waals surface area contributed by atoms with E-state index in [1.54, 1.807) is 6.20 Å². The summed E-state index contributed by atoms with van der Waals surface area (Å²) < 4.78 is 2.19. The molecule has 3 rings (SSSR count). The molecule has 5 nitrogen and oxygen atoms in total. The molecular weight excluding hydrogens is 286 g/mol. The highest BCUT2D eigenvalue weighted by Crippen LogP contribution is 2.51. The van der Waals surface area contributed by atoms with Crippen LogP contribution in [0.3, 0.4) is 0 Å². The minimum Gasteiger partial charge on any atom is -0.493 e. The number of halogens is 1. The molecule has 0 spiro atoms. The number of nitrogens with one attached hydrogen (secondary N) is 1. The standard InChI is InChI=1S/C11H10BrN3O2/c12-9-2-1-6(4-13-9)7-3-8(7)15-10(16)5-14-11(15)17/h1-2,4-5,7-8,16H,3H2,(H,14,17). The summed E-state index contributed by atoms with van der Waals surface area (Å²) >= 11 is 3.28. The van der Waals surface area contributed by atoms with Crippen LogP contribution in [0, 0.1) is 0 Å². The van der Waals surface area contributed by atoms with Gasteiger partial charge in [0.05, 0.1) is 6.20 Å². The molecule has 0 saturated heterocycles. The molecular formula is C11H10BrN3O2. The lowest BCUT2D eigenvalue weighted by Crippen LogP contribution is -2.15. The van der Waals surface area contributed by atoms with E-state index in [0.29, 0.717) is 0 Å². The van der Waals surface area contributed by atoms with Crippen molar-refractivity contribution < 1.29 is 5.11 Å². The fourth-order valence-electron chi connectivity index (χ4n) is 2.12. The Balaban J connectivity index is 1.88. The second-order valence-corrected chi connectivity index (χ2v) is 4.96. The van der Waals surface area contributed by atoms with Gasteiger partial charge in [0.15, 0.2) is 0 Å². The molecule has 6 heteroatoms. The summed E-state index contributed by atoms with van der Waals surface area (Å²) in [4.78, 5) is 18.1. The monoisotopic (exact) mass is 295 g/mol. The van der Waals surface area contributed by atoms with Crippen molar-refractivity contribution >= 4 is 15.9 Å². The highest BCUT2D eigenvalue weighted by molar-refractivity contribution is 9.10. The molecule has 1 aliphatic carbocycles. The van der Waals surface area contributed by atoms with E-state index < -0.39 is 0 Å². The largest absolute Gasteiger partial charge is 0.493 e. The lowest BCUT2D eigenvalue weighted by Gasteiger charge is -2.02. The van der Waals surface area contributed by atoms with E-state index in [2.05, 4.69) is 25.9 Å². The lowest BCUT2D eigenvalue weighted by molar-refractivity contribution is 0.413. The van der Waals surface area contributed by atoms with Crippen molar-refractivity contribution in [2.75, 3.05) is 0 Å². The van der Waals surface area contributed by atoms with Crippen LogP contribution in [0.1, 0.15) is 23.9 Å². The maximum Gasteiger partial charge on any atom is 0.328 e. The van der Waals surface area contributed by atoms with Gasteiger partial charge in [-0.2, -0.15) is 0 Å². The van der Waals surface area contributed by atoms with Crippen LogP contribution in [0.2, 0.25) is 0 Å². The number of aromatic amines is 1. The Hall–Kier alpha value is -1.56. The molecule has 0 radical (unpaired) electrons. The molecule has 2 unspecified atom stereocenters. The zero-order valence-corrected chi connectivity index (χ0v) is 10.4. The number of aromatic hydroxyl groups is 1. The third-order valence-corrected chi connectivity index (χ3v) is 3.53. The second-order valence-electron chi connectivity index (χ2n) is 4.15. The molecule has 1 aliphatic rings. The smallest absolute Gasteiger partial charge is 0.328 e. The van der Waals surface area contributed by atoms with Crippen LogP contribution in [0.15, 0.2) is 33.9 Å². The molecule has 17 heavy (non-hydrogen) atoms. The number of pyridine rings is 1. The summed E-state index contributed by atoms with van der Waals surface area (Å²) in [5, 5.41) is 9.56. The van der Waals surface area contributed by atoms with Gasteiger partial charge in [0.25, 0.3) is 0 Å². The van der Waals surface area contributed by atoms with Crippen molar-refractivity contribution in [1.29, 1.82) is 0 Å². The topological polar surface area (TPSA) is 70.9 Å². The quantitative estimate of drug-likeness (QED) is 0.830. The van der Waals surface area contributed by atoms with Crippen molar-refractivity contribution in [2.45, 2.75) is 18.4 Å². The highest BCUT2D eigenvalue weighted by atomic mass is 79.9. The normalized spacial score (nSPS) is 22.6. The maximum atomic E-state index is 11.5. The predicted molar refractivity (Wildman–Crippen MR) is 65.0 cm³/mol. The zero-order chi connectivity index (χ0) is 12.0. The van der Waals surface area contributed by atoms with E-state index in [4.69, 9.17) is 0 Å². The van der Waals surface area contributed by atoms with E-state index in [1.165, 1.54) is 10.8 Å². The molecule has 2 aromatic rings. The summed E-state index contributed by atoms with van der Waals surface area (Å²) in [6, 6.07) is 3.90. The highest BCUT2D eigenvalue weighted by Gasteiger charge is 2.42. The SMILES string of the molecule is O=c1[nH]cc(O)n1C1CC1c1ccc(Br)nc1. The molecule has 0 amide bonds. The van der Waals surface area contributed by atoms with E-state index in [9.17, 15) is 9.90 Å². The average molecular weight is 296 g/mol. The van der Waals surface area contributed by atoms with Gasteiger partial charge in [0.2, 0.25) is 5.88 Å². The van der Waals surface area contributed by atoms with Crippen LogP contribution in [0.25, 0.3) is 0 Å². The van der Waals surface area contributed by atoms with Gasteiger partial charge in [-0.1, -0.05) is 6.07 Å². The summed E-state index contributed by atoms with van der Waals surface area (Å²) in [6.07, 6.45) is 3.97. The molecule has 2 N–H and O–H groups in total. The van der Waals surface area contributed by atoms with Gasteiger partial charge >= 0.3 is 5.69 Å². The van der Waals surface area contributed by atoms with Crippen molar-refractivity contribution in [2.24, 2.45) is 0 Å². The lowest BCUT2D eigenvalue weighted by atomic mass is 10.2. The summed E-state index contributed by atoms with van der Waals surface area (Å²) in [5.74, 6) is 0.252. The Kier molecular flexibility index (Phi) is 2.32. The molecule has 0 aliphatic heterocycles. The molecule has 88 valence electrons. The maximum absolute atomic E-state index is 11.5. The molecule has 2 aromatic heterocycles. The number of hydrogen-bond acceptors (Lipinski definition) is 3. The van der Waals surface area contributed by atoms with Crippen LogP contribution in [0.5, 0.6) is 5.88 Å². The molecule has 1 fully saturated rings. The second kappa shape index (κ2) is 3.73. The van der Waals surface area contributed by atoms with Crippen LogP contribution < -0.4 is 5.69 Å². The minimum atomic E-state index is -0.264. The Bertz CT molecular complexity index is 602. The van der Waals surface area contributed by atoms with E-state index >= 15 is 0 Å². The number of rotatable bonds is 2. The van der Waals surface area contributed by atoms with Crippen LogP contribution in [-0.4, -0.2) is 19.6 Å². The first-order valence-corrected chi connectivity index (χ1v) is 6.06. The Labute approximate surface area is 105 Å². The Morgan fingerprint density at radius 2 is 2.35 bits per heavy atom. The van der Waals surface area contributed by atoms with E-state index in [-0.39, 0.29) is 23.5 Å². The van der Waals surface area contributed by atoms with Crippen LogP contribution in [-0.2, 0) is 0 Å². The van der Waals surface area contributed by atoms with Crippen molar-refractivity contribution in [3.63, 3.8) is 0 Å². The third-order valence-electron chi connectivity index (χ3n) is 3.06. The Morgan fingerprint density at radius 3 is 2.94 bits per heavy atom. The number of nitrogens with zero attached hydrogens (tertiary/aromatic N) is 2. The van der Waals surface area contributed by atoms with Gasteiger partial charge in [0, 0.05) is 18.2 Å². The van der Waals surface area contributed by atoms with Crippen molar-refractivity contribution in [1.82, 2.24) is 14.5 Å². The van der Waals surface area contributed by atoms with Crippen LogP contribution in [0.4, 0.5) is 0 Å². The zero-order valence-electron chi connectivity index (χ0n) is 8.80.